The van der Waals surface area contributed by atoms with Crippen molar-refractivity contribution in [2.45, 2.75) is 20.3 Å². The fourth-order valence-corrected chi connectivity index (χ4v) is 2.66. The van der Waals surface area contributed by atoms with Crippen LogP contribution in [0.4, 0.5) is 10.5 Å². The van der Waals surface area contributed by atoms with E-state index >= 15 is 0 Å². The molecule has 7 heteroatoms. The Bertz CT molecular complexity index is 654. The van der Waals surface area contributed by atoms with Crippen molar-refractivity contribution in [3.8, 4) is 11.8 Å². The number of nitrogens with one attached hydrogen (secondary N) is 2. The van der Waals surface area contributed by atoms with Gasteiger partial charge in [0.25, 0.3) is 0 Å². The van der Waals surface area contributed by atoms with Crippen LogP contribution in [-0.4, -0.2) is 43.1 Å². The second-order valence-electron chi connectivity index (χ2n) is 5.51. The van der Waals surface area contributed by atoms with E-state index < -0.39 is 0 Å². The van der Waals surface area contributed by atoms with E-state index in [1.54, 1.807) is 23.1 Å². The minimum Gasteiger partial charge on any atom is -0.492 e. The first-order valence-corrected chi connectivity index (χ1v) is 8.09. The summed E-state index contributed by atoms with van der Waals surface area (Å²) >= 11 is 0. The Labute approximate surface area is 141 Å². The van der Waals surface area contributed by atoms with Crippen LogP contribution in [0.1, 0.15) is 25.8 Å². The number of nitrogens with zero attached hydrogens (tertiary/aromatic N) is 2. The fraction of sp³-hybridized carbons (Fsp3) is 0.471. The molecule has 128 valence electrons. The zero-order valence-electron chi connectivity index (χ0n) is 14.0. The van der Waals surface area contributed by atoms with Gasteiger partial charge in [-0.05, 0) is 38.5 Å². The van der Waals surface area contributed by atoms with Gasteiger partial charge in [-0.25, -0.2) is 4.79 Å². The van der Waals surface area contributed by atoms with Gasteiger partial charge in [0.2, 0.25) is 5.91 Å². The summed E-state index contributed by atoms with van der Waals surface area (Å²) in [5, 5.41) is 14.7. The van der Waals surface area contributed by atoms with E-state index in [4.69, 9.17) is 10.00 Å². The highest BCUT2D eigenvalue weighted by Gasteiger charge is 2.30. The second kappa shape index (κ2) is 8.20. The normalized spacial score (nSPS) is 16.4. The van der Waals surface area contributed by atoms with Gasteiger partial charge < -0.3 is 20.3 Å². The number of amides is 3. The molecular weight excluding hydrogens is 308 g/mol. The standard InChI is InChI=1S/C17H22N4O3/c1-3-19-16(22)12-7-8-21(11-12)17(23)20-14-5-6-15(24-4-2)13(9-14)10-18/h5-6,9,12H,3-4,7-8,11H2,1-2H3,(H,19,22)(H,20,23)/t12-/m0/s1. The minimum atomic E-state index is -0.269. The van der Waals surface area contributed by atoms with Crippen molar-refractivity contribution in [1.82, 2.24) is 10.2 Å². The van der Waals surface area contributed by atoms with E-state index in [-0.39, 0.29) is 17.9 Å². The van der Waals surface area contributed by atoms with Gasteiger partial charge >= 0.3 is 6.03 Å². The average molecular weight is 330 g/mol. The van der Waals surface area contributed by atoms with Crippen LogP contribution in [0.2, 0.25) is 0 Å². The molecule has 0 unspecified atom stereocenters. The Kier molecular flexibility index (Phi) is 6.01. The van der Waals surface area contributed by atoms with Crippen molar-refractivity contribution in [1.29, 1.82) is 5.26 Å². The molecule has 1 aliphatic rings. The lowest BCUT2D eigenvalue weighted by Crippen LogP contribution is -2.36. The van der Waals surface area contributed by atoms with Gasteiger partial charge in [-0.3, -0.25) is 4.79 Å². The van der Waals surface area contributed by atoms with Gasteiger partial charge in [-0.2, -0.15) is 5.26 Å². The van der Waals surface area contributed by atoms with Crippen molar-refractivity contribution < 1.29 is 14.3 Å². The number of benzene rings is 1. The largest absolute Gasteiger partial charge is 0.492 e. The molecule has 2 rings (SSSR count). The van der Waals surface area contributed by atoms with Gasteiger partial charge in [0.15, 0.2) is 0 Å². The van der Waals surface area contributed by atoms with E-state index in [0.717, 1.165) is 0 Å². The van der Waals surface area contributed by atoms with Crippen LogP contribution in [0.25, 0.3) is 0 Å². The molecule has 1 fully saturated rings. The maximum atomic E-state index is 12.3. The van der Waals surface area contributed by atoms with Crippen LogP contribution in [0.5, 0.6) is 5.75 Å². The van der Waals surface area contributed by atoms with E-state index in [2.05, 4.69) is 16.7 Å². The van der Waals surface area contributed by atoms with Gasteiger partial charge in [-0.15, -0.1) is 0 Å². The number of rotatable bonds is 5. The quantitative estimate of drug-likeness (QED) is 0.862. The molecule has 1 aromatic carbocycles. The van der Waals surface area contributed by atoms with Gasteiger partial charge in [0.1, 0.15) is 11.8 Å². The molecule has 3 amide bonds. The zero-order chi connectivity index (χ0) is 17.5. The van der Waals surface area contributed by atoms with Crippen molar-refractivity contribution in [3.05, 3.63) is 23.8 Å². The maximum Gasteiger partial charge on any atom is 0.321 e. The second-order valence-corrected chi connectivity index (χ2v) is 5.51. The summed E-state index contributed by atoms with van der Waals surface area (Å²) in [6.07, 6.45) is 0.659. The first kappa shape index (κ1) is 17.6. The number of hydrogen-bond donors (Lipinski definition) is 2. The Hall–Kier alpha value is -2.75. The topological polar surface area (TPSA) is 94.5 Å². The number of hydrogen-bond acceptors (Lipinski definition) is 4. The van der Waals surface area contributed by atoms with Gasteiger partial charge in [0, 0.05) is 25.3 Å². The third kappa shape index (κ3) is 4.16. The third-order valence-corrected chi connectivity index (χ3v) is 3.85. The highest BCUT2D eigenvalue weighted by Crippen LogP contribution is 2.23. The fourth-order valence-electron chi connectivity index (χ4n) is 2.66. The van der Waals surface area contributed by atoms with Crippen molar-refractivity contribution in [2.24, 2.45) is 5.92 Å². The van der Waals surface area contributed by atoms with Crippen LogP contribution in [0.15, 0.2) is 18.2 Å². The minimum absolute atomic E-state index is 0.0133. The Morgan fingerprint density at radius 2 is 2.21 bits per heavy atom. The molecular formula is C17H22N4O3. The number of nitriles is 1. The Balaban J connectivity index is 1.98. The number of ether oxygens (including phenoxy) is 1. The number of anilines is 1. The maximum absolute atomic E-state index is 12.3. The molecule has 1 aliphatic heterocycles. The number of carbonyl (C=O) groups is 2. The molecule has 7 nitrogen and oxygen atoms in total. The average Bonchev–Trinajstić information content (AvgIpc) is 3.07. The molecule has 0 spiro atoms. The van der Waals surface area contributed by atoms with Crippen molar-refractivity contribution >= 4 is 17.6 Å². The summed E-state index contributed by atoms with van der Waals surface area (Å²) in [6.45, 7) is 5.71. The number of urea groups is 1. The lowest BCUT2D eigenvalue weighted by atomic mass is 10.1. The molecule has 1 heterocycles. The smallest absolute Gasteiger partial charge is 0.321 e. The zero-order valence-corrected chi connectivity index (χ0v) is 14.0. The lowest BCUT2D eigenvalue weighted by molar-refractivity contribution is -0.124. The first-order valence-electron chi connectivity index (χ1n) is 8.09. The van der Waals surface area contributed by atoms with Crippen LogP contribution < -0.4 is 15.4 Å². The van der Waals surface area contributed by atoms with Gasteiger partial charge in [0.05, 0.1) is 18.1 Å². The van der Waals surface area contributed by atoms with Gasteiger partial charge in [-0.1, -0.05) is 0 Å². The summed E-state index contributed by atoms with van der Waals surface area (Å²) in [5.41, 5.74) is 0.901. The highest BCUT2D eigenvalue weighted by atomic mass is 16.5. The predicted molar refractivity (Wildman–Crippen MR) is 89.7 cm³/mol. The summed E-state index contributed by atoms with van der Waals surface area (Å²) in [5.74, 6) is 0.321. The monoisotopic (exact) mass is 330 g/mol. The summed E-state index contributed by atoms with van der Waals surface area (Å²) in [6, 6.07) is 6.73. The summed E-state index contributed by atoms with van der Waals surface area (Å²) in [4.78, 5) is 25.8. The first-order chi connectivity index (χ1) is 11.6. The van der Waals surface area contributed by atoms with E-state index in [9.17, 15) is 9.59 Å². The van der Waals surface area contributed by atoms with E-state index in [0.29, 0.717) is 49.7 Å². The molecule has 0 bridgehead atoms. The number of likely N-dealkylation sites (tertiary alicyclic amines) is 1. The highest BCUT2D eigenvalue weighted by molar-refractivity contribution is 5.90. The van der Waals surface area contributed by atoms with Crippen molar-refractivity contribution in [2.75, 3.05) is 31.6 Å². The number of carbonyl (C=O) groups excluding carboxylic acids is 2. The van der Waals surface area contributed by atoms with Crippen LogP contribution >= 0.6 is 0 Å². The molecule has 24 heavy (non-hydrogen) atoms. The summed E-state index contributed by atoms with van der Waals surface area (Å²) < 4.78 is 5.36. The molecule has 0 saturated carbocycles. The summed E-state index contributed by atoms with van der Waals surface area (Å²) in [7, 11) is 0. The molecule has 2 N–H and O–H groups in total. The Morgan fingerprint density at radius 3 is 2.88 bits per heavy atom. The van der Waals surface area contributed by atoms with E-state index in [1.165, 1.54) is 0 Å². The molecule has 0 aliphatic carbocycles. The Morgan fingerprint density at radius 1 is 1.42 bits per heavy atom. The van der Waals surface area contributed by atoms with Crippen LogP contribution in [0.3, 0.4) is 0 Å². The molecule has 1 saturated heterocycles. The lowest BCUT2D eigenvalue weighted by Gasteiger charge is -2.17. The molecule has 0 aromatic heterocycles. The van der Waals surface area contributed by atoms with E-state index in [1.807, 2.05) is 13.8 Å². The SMILES string of the molecule is CCNC(=O)[C@H]1CCN(C(=O)Nc2ccc(OCC)c(C#N)c2)C1. The predicted octanol–water partition coefficient (Wildman–Crippen LogP) is 1.95. The molecule has 0 radical (unpaired) electrons. The van der Waals surface area contributed by atoms with Crippen molar-refractivity contribution in [3.63, 3.8) is 0 Å². The van der Waals surface area contributed by atoms with Crippen LogP contribution in [-0.2, 0) is 4.79 Å². The molecule has 1 atom stereocenters. The van der Waals surface area contributed by atoms with Crippen LogP contribution in [0, 0.1) is 17.2 Å². The third-order valence-electron chi connectivity index (χ3n) is 3.85. The molecule has 1 aromatic rings.